The Morgan fingerprint density at radius 2 is 1.76 bits per heavy atom. The fourth-order valence-electron chi connectivity index (χ4n) is 2.63. The smallest absolute Gasteiger partial charge is 0.340 e. The Labute approximate surface area is 163 Å². The molecule has 0 unspecified atom stereocenters. The maximum absolute atomic E-state index is 13.1. The van der Waals surface area contributed by atoms with E-state index >= 15 is 0 Å². The maximum Gasteiger partial charge on any atom is 0.340 e. The highest BCUT2D eigenvalue weighted by molar-refractivity contribution is 6.07. The number of rotatable bonds is 5. The van der Waals surface area contributed by atoms with Crippen molar-refractivity contribution in [1.82, 2.24) is 9.55 Å². The van der Waals surface area contributed by atoms with Crippen molar-refractivity contribution in [3.8, 4) is 5.69 Å². The molecule has 0 saturated carbocycles. The van der Waals surface area contributed by atoms with Crippen molar-refractivity contribution in [2.45, 2.75) is 6.92 Å². The first-order valence-electron chi connectivity index (χ1n) is 8.60. The number of esters is 1. The molecule has 1 heterocycles. The summed E-state index contributed by atoms with van der Waals surface area (Å²) in [6, 6.07) is 10.8. The van der Waals surface area contributed by atoms with Crippen LogP contribution in [0.3, 0.4) is 0 Å². The Hall–Kier alpha value is -4.01. The summed E-state index contributed by atoms with van der Waals surface area (Å²) in [7, 11) is 0. The minimum atomic E-state index is -0.897. The van der Waals surface area contributed by atoms with Crippen molar-refractivity contribution in [3.63, 3.8) is 0 Å². The van der Waals surface area contributed by atoms with Gasteiger partial charge in [0.15, 0.2) is 0 Å². The number of nitrogens with one attached hydrogen (secondary N) is 2. The number of H-pyrrole nitrogens is 1. The average molecular weight is 397 g/mol. The van der Waals surface area contributed by atoms with Crippen molar-refractivity contribution in [2.75, 3.05) is 11.9 Å². The van der Waals surface area contributed by atoms with Crippen LogP contribution < -0.4 is 16.6 Å². The molecule has 0 saturated heterocycles. The van der Waals surface area contributed by atoms with E-state index in [0.717, 1.165) is 18.3 Å². The second kappa shape index (κ2) is 8.34. The number of ether oxygens (including phenoxy) is 1. The highest BCUT2D eigenvalue weighted by atomic mass is 19.1. The number of para-hydroxylation sites is 1. The van der Waals surface area contributed by atoms with Gasteiger partial charge in [-0.25, -0.2) is 18.5 Å². The van der Waals surface area contributed by atoms with Gasteiger partial charge in [0, 0.05) is 6.20 Å². The molecule has 0 aliphatic carbocycles. The van der Waals surface area contributed by atoms with Gasteiger partial charge in [0.1, 0.15) is 11.4 Å². The Bertz CT molecular complexity index is 1180. The van der Waals surface area contributed by atoms with Crippen molar-refractivity contribution < 1.29 is 18.7 Å². The molecule has 2 N–H and O–H groups in total. The molecular weight excluding hydrogens is 381 g/mol. The van der Waals surface area contributed by atoms with Crippen LogP contribution in [0.15, 0.2) is 64.3 Å². The fraction of sp³-hybridized carbons (Fsp3) is 0.100. The Balaban J connectivity index is 1.99. The van der Waals surface area contributed by atoms with Crippen LogP contribution in [0, 0.1) is 5.82 Å². The lowest BCUT2D eigenvalue weighted by molar-refractivity contribution is 0.0527. The minimum Gasteiger partial charge on any atom is -0.462 e. The summed E-state index contributed by atoms with van der Waals surface area (Å²) >= 11 is 0. The van der Waals surface area contributed by atoms with Crippen LogP contribution in [-0.4, -0.2) is 28.0 Å². The predicted octanol–water partition coefficient (Wildman–Crippen LogP) is 2.09. The molecule has 9 heteroatoms. The lowest BCUT2D eigenvalue weighted by Gasteiger charge is -2.11. The number of anilines is 1. The molecule has 3 rings (SSSR count). The van der Waals surface area contributed by atoms with Crippen LogP contribution in [0.1, 0.15) is 27.6 Å². The maximum atomic E-state index is 13.1. The predicted molar refractivity (Wildman–Crippen MR) is 103 cm³/mol. The first-order valence-corrected chi connectivity index (χ1v) is 8.60. The number of carbonyl (C=O) groups excluding carboxylic acids is 2. The molecule has 148 valence electrons. The van der Waals surface area contributed by atoms with Gasteiger partial charge >= 0.3 is 11.7 Å². The second-order valence-corrected chi connectivity index (χ2v) is 5.84. The zero-order chi connectivity index (χ0) is 21.0. The van der Waals surface area contributed by atoms with Gasteiger partial charge < -0.3 is 15.0 Å². The zero-order valence-electron chi connectivity index (χ0n) is 15.3. The largest absolute Gasteiger partial charge is 0.462 e. The van der Waals surface area contributed by atoms with Gasteiger partial charge in [0.05, 0.1) is 23.5 Å². The number of aromatic amines is 1. The third-order valence-electron chi connectivity index (χ3n) is 3.98. The van der Waals surface area contributed by atoms with Crippen LogP contribution in [0.5, 0.6) is 0 Å². The molecule has 29 heavy (non-hydrogen) atoms. The Kier molecular flexibility index (Phi) is 5.68. The van der Waals surface area contributed by atoms with E-state index in [1.165, 1.54) is 24.3 Å². The number of nitrogens with zero attached hydrogens (tertiary/aromatic N) is 1. The highest BCUT2D eigenvalue weighted by Gasteiger charge is 2.19. The SMILES string of the molecule is CCOC(=O)c1ccccc1NC(=O)c1c[nH]c(=O)n(-c2ccc(F)cc2)c1=O. The van der Waals surface area contributed by atoms with Crippen LogP contribution >= 0.6 is 0 Å². The lowest BCUT2D eigenvalue weighted by Crippen LogP contribution is -2.38. The number of carbonyl (C=O) groups is 2. The molecule has 1 aromatic heterocycles. The van der Waals surface area contributed by atoms with Gasteiger partial charge in [0.2, 0.25) is 0 Å². The summed E-state index contributed by atoms with van der Waals surface area (Å²) in [5.74, 6) is -2.00. The van der Waals surface area contributed by atoms with Crippen LogP contribution in [0.25, 0.3) is 5.69 Å². The van der Waals surface area contributed by atoms with Gasteiger partial charge in [-0.3, -0.25) is 9.59 Å². The van der Waals surface area contributed by atoms with Crippen molar-refractivity contribution in [3.05, 3.63) is 92.5 Å². The third-order valence-corrected chi connectivity index (χ3v) is 3.98. The minimum absolute atomic E-state index is 0.0965. The molecule has 0 aliphatic heterocycles. The molecular formula is C20H16FN3O5. The van der Waals surface area contributed by atoms with Gasteiger partial charge in [0.25, 0.3) is 11.5 Å². The van der Waals surface area contributed by atoms with Gasteiger partial charge in [-0.2, -0.15) is 0 Å². The number of hydrogen-bond donors (Lipinski definition) is 2. The van der Waals surface area contributed by atoms with Crippen molar-refractivity contribution in [2.24, 2.45) is 0 Å². The topological polar surface area (TPSA) is 110 Å². The second-order valence-electron chi connectivity index (χ2n) is 5.84. The molecule has 0 radical (unpaired) electrons. The van der Waals surface area contributed by atoms with E-state index < -0.39 is 28.9 Å². The Morgan fingerprint density at radius 3 is 2.45 bits per heavy atom. The molecule has 0 spiro atoms. The molecule has 0 atom stereocenters. The molecule has 0 fully saturated rings. The van der Waals surface area contributed by atoms with Crippen molar-refractivity contribution in [1.29, 1.82) is 0 Å². The summed E-state index contributed by atoms with van der Waals surface area (Å²) in [6.45, 7) is 1.81. The number of benzene rings is 2. The highest BCUT2D eigenvalue weighted by Crippen LogP contribution is 2.17. The van der Waals surface area contributed by atoms with E-state index in [-0.39, 0.29) is 29.1 Å². The molecule has 1 amide bonds. The van der Waals surface area contributed by atoms with Gasteiger partial charge in [-0.1, -0.05) is 12.1 Å². The zero-order valence-corrected chi connectivity index (χ0v) is 15.3. The van der Waals surface area contributed by atoms with Gasteiger partial charge in [-0.05, 0) is 43.3 Å². The quantitative estimate of drug-likeness (QED) is 0.641. The number of aromatic nitrogens is 2. The summed E-state index contributed by atoms with van der Waals surface area (Å²) in [6.07, 6.45) is 0.979. The first kappa shape index (κ1) is 19.7. The van der Waals surface area contributed by atoms with E-state index in [2.05, 4.69) is 10.3 Å². The average Bonchev–Trinajstić information content (AvgIpc) is 2.70. The van der Waals surface area contributed by atoms with Crippen molar-refractivity contribution >= 4 is 17.6 Å². The molecule has 2 aromatic carbocycles. The standard InChI is InChI=1S/C20H16FN3O5/c1-2-29-19(27)14-5-3-4-6-16(14)23-17(25)15-11-22-20(28)24(18(15)26)13-9-7-12(21)8-10-13/h3-11H,2H2,1H3,(H,22,28)(H,23,25). The fourth-order valence-corrected chi connectivity index (χ4v) is 2.63. The van der Waals surface area contributed by atoms with Gasteiger partial charge in [-0.15, -0.1) is 0 Å². The summed E-state index contributed by atoms with van der Waals surface area (Å²) < 4.78 is 18.8. The van der Waals surface area contributed by atoms with E-state index in [1.807, 2.05) is 0 Å². The third kappa shape index (κ3) is 4.13. The van der Waals surface area contributed by atoms with Crippen LogP contribution in [0.2, 0.25) is 0 Å². The molecule has 8 nitrogen and oxygen atoms in total. The van der Waals surface area contributed by atoms with E-state index in [0.29, 0.717) is 4.57 Å². The van der Waals surface area contributed by atoms with Crippen LogP contribution in [0.4, 0.5) is 10.1 Å². The molecule has 0 aliphatic rings. The monoisotopic (exact) mass is 397 g/mol. The number of halogens is 1. The summed E-state index contributed by atoms with van der Waals surface area (Å²) in [4.78, 5) is 51.8. The molecule has 3 aromatic rings. The number of hydrogen-bond acceptors (Lipinski definition) is 5. The summed E-state index contributed by atoms with van der Waals surface area (Å²) in [5, 5.41) is 2.48. The lowest BCUT2D eigenvalue weighted by atomic mass is 10.1. The number of amides is 1. The summed E-state index contributed by atoms with van der Waals surface area (Å²) in [5.41, 5.74) is -1.69. The van der Waals surface area contributed by atoms with Crippen LogP contribution in [-0.2, 0) is 4.74 Å². The first-order chi connectivity index (χ1) is 13.9. The van der Waals surface area contributed by atoms with E-state index in [9.17, 15) is 23.6 Å². The Morgan fingerprint density at radius 1 is 1.07 bits per heavy atom. The van der Waals surface area contributed by atoms with E-state index in [1.54, 1.807) is 19.1 Å². The normalized spacial score (nSPS) is 10.4. The molecule has 0 bridgehead atoms. The van der Waals surface area contributed by atoms with E-state index in [4.69, 9.17) is 4.74 Å².